The van der Waals surface area contributed by atoms with Gasteiger partial charge in [-0.15, -0.1) is 0 Å². The Kier molecular flexibility index (Phi) is 5.30. The van der Waals surface area contributed by atoms with Gasteiger partial charge in [0.15, 0.2) is 0 Å². The van der Waals surface area contributed by atoms with Crippen molar-refractivity contribution in [3.8, 4) is 5.75 Å². The van der Waals surface area contributed by atoms with Gasteiger partial charge in [-0.2, -0.15) is 0 Å². The Hall–Kier alpha value is -1.22. The number of nitrogens with two attached hydrogens (primary N) is 1. The smallest absolute Gasteiger partial charge is 0.119 e. The Balaban J connectivity index is 1.88. The van der Waals surface area contributed by atoms with Crippen LogP contribution in [0.15, 0.2) is 42.5 Å². The van der Waals surface area contributed by atoms with Crippen molar-refractivity contribution in [2.24, 2.45) is 5.73 Å². The molecule has 2 aromatic rings. The third-order valence-electron chi connectivity index (χ3n) is 3.06. The van der Waals surface area contributed by atoms with Crippen molar-refractivity contribution < 1.29 is 4.74 Å². The second kappa shape index (κ2) is 6.98. The van der Waals surface area contributed by atoms with Crippen molar-refractivity contribution in [3.63, 3.8) is 0 Å². The molecular formula is C16H17Cl2NO. The summed E-state index contributed by atoms with van der Waals surface area (Å²) in [5.74, 6) is 0.867. The molecule has 0 bridgehead atoms. The summed E-state index contributed by atoms with van der Waals surface area (Å²) in [5, 5.41) is 1.07. The predicted octanol–water partition coefficient (Wildman–Crippen LogP) is 4.77. The van der Waals surface area contributed by atoms with Gasteiger partial charge in [-0.25, -0.2) is 0 Å². The highest BCUT2D eigenvalue weighted by molar-refractivity contribution is 6.42. The summed E-state index contributed by atoms with van der Waals surface area (Å²) in [6.07, 6.45) is 0.714. The molecule has 0 amide bonds. The van der Waals surface area contributed by atoms with Crippen LogP contribution in [0.2, 0.25) is 10.0 Å². The molecule has 0 heterocycles. The number of rotatable bonds is 5. The molecule has 1 unspecified atom stereocenters. The monoisotopic (exact) mass is 309 g/mol. The quantitative estimate of drug-likeness (QED) is 0.863. The zero-order valence-electron chi connectivity index (χ0n) is 11.3. The molecule has 2 nitrogen and oxygen atoms in total. The first kappa shape index (κ1) is 15.2. The number of benzene rings is 2. The van der Waals surface area contributed by atoms with Gasteiger partial charge in [0.2, 0.25) is 0 Å². The summed E-state index contributed by atoms with van der Waals surface area (Å²) in [7, 11) is 0. The van der Waals surface area contributed by atoms with E-state index in [1.807, 2.05) is 37.3 Å². The van der Waals surface area contributed by atoms with E-state index in [4.69, 9.17) is 33.7 Å². The Morgan fingerprint density at radius 2 is 1.90 bits per heavy atom. The highest BCUT2D eigenvalue weighted by Crippen LogP contribution is 2.26. The predicted molar refractivity (Wildman–Crippen MR) is 84.7 cm³/mol. The zero-order valence-corrected chi connectivity index (χ0v) is 12.8. The molecule has 0 saturated heterocycles. The lowest BCUT2D eigenvalue weighted by Gasteiger charge is -2.14. The fourth-order valence-corrected chi connectivity index (χ4v) is 2.23. The molecule has 1 atom stereocenters. The summed E-state index contributed by atoms with van der Waals surface area (Å²) < 4.78 is 5.69. The Labute approximate surface area is 129 Å². The van der Waals surface area contributed by atoms with Crippen LogP contribution in [0.1, 0.15) is 23.6 Å². The summed E-state index contributed by atoms with van der Waals surface area (Å²) in [4.78, 5) is 0. The minimum atomic E-state index is -0.116. The molecule has 0 aromatic heterocycles. The van der Waals surface area contributed by atoms with Crippen LogP contribution in [0.4, 0.5) is 0 Å². The van der Waals surface area contributed by atoms with E-state index < -0.39 is 0 Å². The molecule has 0 radical (unpaired) electrons. The molecule has 20 heavy (non-hydrogen) atoms. The van der Waals surface area contributed by atoms with E-state index in [-0.39, 0.29) is 6.04 Å². The minimum absolute atomic E-state index is 0.116. The summed E-state index contributed by atoms with van der Waals surface area (Å²) in [5.41, 5.74) is 8.27. The van der Waals surface area contributed by atoms with E-state index in [9.17, 15) is 0 Å². The van der Waals surface area contributed by atoms with Crippen LogP contribution in [0.25, 0.3) is 0 Å². The number of aryl methyl sites for hydroxylation is 1. The highest BCUT2D eigenvalue weighted by atomic mass is 35.5. The number of hydrogen-bond acceptors (Lipinski definition) is 2. The van der Waals surface area contributed by atoms with E-state index in [2.05, 4.69) is 0 Å². The molecule has 0 spiro atoms. The molecule has 0 aliphatic rings. The summed E-state index contributed by atoms with van der Waals surface area (Å²) in [6, 6.07) is 13.3. The maximum atomic E-state index is 6.13. The first-order valence-corrected chi connectivity index (χ1v) is 7.22. The van der Waals surface area contributed by atoms with Crippen LogP contribution in [0, 0.1) is 6.92 Å². The highest BCUT2D eigenvalue weighted by Gasteiger charge is 2.08. The molecule has 4 heteroatoms. The van der Waals surface area contributed by atoms with E-state index in [0.29, 0.717) is 23.1 Å². The van der Waals surface area contributed by atoms with Gasteiger partial charge in [0, 0.05) is 12.5 Å². The molecule has 0 saturated carbocycles. The second-order valence-electron chi connectivity index (χ2n) is 4.73. The Bertz CT molecular complexity index is 586. The van der Waals surface area contributed by atoms with Crippen molar-refractivity contribution in [3.05, 3.63) is 63.6 Å². The normalized spacial score (nSPS) is 12.2. The van der Waals surface area contributed by atoms with E-state index in [0.717, 1.165) is 11.3 Å². The van der Waals surface area contributed by atoms with Gasteiger partial charge in [-0.05, 0) is 42.3 Å². The Morgan fingerprint density at radius 1 is 1.10 bits per heavy atom. The van der Waals surface area contributed by atoms with Crippen molar-refractivity contribution in [1.82, 2.24) is 0 Å². The van der Waals surface area contributed by atoms with Crippen molar-refractivity contribution in [2.45, 2.75) is 19.4 Å². The van der Waals surface area contributed by atoms with Crippen molar-refractivity contribution in [1.29, 1.82) is 0 Å². The zero-order chi connectivity index (χ0) is 14.5. The molecule has 2 N–H and O–H groups in total. The topological polar surface area (TPSA) is 35.2 Å². The average Bonchev–Trinajstić information content (AvgIpc) is 2.42. The molecular weight excluding hydrogens is 293 g/mol. The molecule has 2 rings (SSSR count). The fourth-order valence-electron chi connectivity index (χ4n) is 1.92. The van der Waals surface area contributed by atoms with Gasteiger partial charge in [-0.1, -0.05) is 41.4 Å². The van der Waals surface area contributed by atoms with Gasteiger partial charge in [0.1, 0.15) is 5.75 Å². The molecule has 106 valence electrons. The summed E-state index contributed by atoms with van der Waals surface area (Å²) in [6.45, 7) is 2.60. The first-order chi connectivity index (χ1) is 9.56. The average molecular weight is 310 g/mol. The van der Waals surface area contributed by atoms with Crippen molar-refractivity contribution >= 4 is 23.2 Å². The van der Waals surface area contributed by atoms with Crippen LogP contribution in [-0.4, -0.2) is 6.61 Å². The van der Waals surface area contributed by atoms with E-state index >= 15 is 0 Å². The van der Waals surface area contributed by atoms with Gasteiger partial charge in [0.25, 0.3) is 0 Å². The lowest BCUT2D eigenvalue weighted by atomic mass is 10.1. The standard InChI is InChI=1S/C16H17Cl2NO/c1-11-3-2-4-13(9-11)20-8-7-16(19)12-5-6-14(17)15(18)10-12/h2-6,9-10,16H,7-8,19H2,1H3. The van der Waals surface area contributed by atoms with Crippen LogP contribution in [-0.2, 0) is 0 Å². The number of hydrogen-bond donors (Lipinski definition) is 1. The minimum Gasteiger partial charge on any atom is -0.494 e. The Morgan fingerprint density at radius 3 is 2.60 bits per heavy atom. The van der Waals surface area contributed by atoms with Crippen LogP contribution >= 0.6 is 23.2 Å². The van der Waals surface area contributed by atoms with Gasteiger partial charge in [0.05, 0.1) is 16.7 Å². The third-order valence-corrected chi connectivity index (χ3v) is 3.80. The number of ether oxygens (including phenoxy) is 1. The fraction of sp³-hybridized carbons (Fsp3) is 0.250. The van der Waals surface area contributed by atoms with E-state index in [1.165, 1.54) is 5.56 Å². The third kappa shape index (κ3) is 4.14. The van der Waals surface area contributed by atoms with Crippen LogP contribution < -0.4 is 10.5 Å². The lowest BCUT2D eigenvalue weighted by Crippen LogP contribution is -2.14. The second-order valence-corrected chi connectivity index (χ2v) is 5.55. The van der Waals surface area contributed by atoms with Crippen LogP contribution in [0.5, 0.6) is 5.75 Å². The first-order valence-electron chi connectivity index (χ1n) is 6.46. The van der Waals surface area contributed by atoms with E-state index in [1.54, 1.807) is 12.1 Å². The van der Waals surface area contributed by atoms with Gasteiger partial charge < -0.3 is 10.5 Å². The van der Waals surface area contributed by atoms with Gasteiger partial charge in [-0.3, -0.25) is 0 Å². The molecule has 0 aliphatic carbocycles. The molecule has 0 fully saturated rings. The summed E-state index contributed by atoms with van der Waals surface area (Å²) >= 11 is 11.9. The molecule has 2 aromatic carbocycles. The molecule has 0 aliphatic heterocycles. The largest absolute Gasteiger partial charge is 0.494 e. The SMILES string of the molecule is Cc1cccc(OCCC(N)c2ccc(Cl)c(Cl)c2)c1. The van der Waals surface area contributed by atoms with Gasteiger partial charge >= 0.3 is 0 Å². The van der Waals surface area contributed by atoms with Crippen molar-refractivity contribution in [2.75, 3.05) is 6.61 Å². The maximum absolute atomic E-state index is 6.13. The number of halogens is 2. The maximum Gasteiger partial charge on any atom is 0.119 e. The lowest BCUT2D eigenvalue weighted by molar-refractivity contribution is 0.298. The van der Waals surface area contributed by atoms with Crippen LogP contribution in [0.3, 0.4) is 0 Å².